The van der Waals surface area contributed by atoms with Gasteiger partial charge in [0.25, 0.3) is 0 Å². The lowest BCUT2D eigenvalue weighted by atomic mass is 10.2. The van der Waals surface area contributed by atoms with Crippen molar-refractivity contribution in [3.63, 3.8) is 0 Å². The van der Waals surface area contributed by atoms with Gasteiger partial charge in [0.2, 0.25) is 10.0 Å². The SMILES string of the molecule is COC(=O)COc1ccc(S(=O)(=O)N2CCN(c3ccc(OC)cc3)CC2)cc1Cl. The second-order valence-electron chi connectivity index (χ2n) is 6.55. The zero-order chi connectivity index (χ0) is 21.7. The lowest BCUT2D eigenvalue weighted by Crippen LogP contribution is -2.48. The third kappa shape index (κ3) is 4.97. The molecule has 1 saturated heterocycles. The highest BCUT2D eigenvalue weighted by Gasteiger charge is 2.29. The van der Waals surface area contributed by atoms with Gasteiger partial charge in [-0.25, -0.2) is 13.2 Å². The van der Waals surface area contributed by atoms with Gasteiger partial charge in [-0.15, -0.1) is 0 Å². The van der Waals surface area contributed by atoms with Gasteiger partial charge in [-0.3, -0.25) is 0 Å². The number of esters is 1. The quantitative estimate of drug-likeness (QED) is 0.594. The predicted molar refractivity (Wildman–Crippen MR) is 113 cm³/mol. The molecular weight excluding hydrogens is 432 g/mol. The molecule has 0 unspecified atom stereocenters. The third-order valence-electron chi connectivity index (χ3n) is 4.79. The predicted octanol–water partition coefficient (Wildman–Crippen LogP) is 2.41. The first-order valence-corrected chi connectivity index (χ1v) is 11.1. The number of nitrogens with zero attached hydrogens (tertiary/aromatic N) is 2. The first-order chi connectivity index (χ1) is 14.3. The van der Waals surface area contributed by atoms with Crippen molar-refractivity contribution in [3.8, 4) is 11.5 Å². The van der Waals surface area contributed by atoms with E-state index in [4.69, 9.17) is 21.1 Å². The van der Waals surface area contributed by atoms with Crippen molar-refractivity contribution in [2.24, 2.45) is 0 Å². The van der Waals surface area contributed by atoms with Crippen molar-refractivity contribution in [3.05, 3.63) is 47.5 Å². The van der Waals surface area contributed by atoms with E-state index in [0.29, 0.717) is 26.2 Å². The zero-order valence-electron chi connectivity index (χ0n) is 16.7. The second kappa shape index (κ2) is 9.55. The fraction of sp³-hybridized carbons (Fsp3) is 0.350. The fourth-order valence-corrected chi connectivity index (χ4v) is 4.83. The molecule has 3 rings (SSSR count). The number of hydrogen-bond acceptors (Lipinski definition) is 7. The van der Waals surface area contributed by atoms with Crippen molar-refractivity contribution in [1.82, 2.24) is 4.31 Å². The fourth-order valence-electron chi connectivity index (χ4n) is 3.08. The summed E-state index contributed by atoms with van der Waals surface area (Å²) in [7, 11) is -0.837. The number of anilines is 1. The molecule has 0 aliphatic carbocycles. The topological polar surface area (TPSA) is 85.4 Å². The Kier molecular flexibility index (Phi) is 7.06. The van der Waals surface area contributed by atoms with Crippen molar-refractivity contribution < 1.29 is 27.4 Å². The normalized spacial score (nSPS) is 15.0. The molecule has 0 radical (unpaired) electrons. The van der Waals surface area contributed by atoms with Gasteiger partial charge in [-0.05, 0) is 42.5 Å². The minimum absolute atomic E-state index is 0.0795. The van der Waals surface area contributed by atoms with Crippen molar-refractivity contribution >= 4 is 33.3 Å². The van der Waals surface area contributed by atoms with E-state index in [2.05, 4.69) is 9.64 Å². The molecule has 2 aromatic rings. The molecule has 1 aliphatic heterocycles. The van der Waals surface area contributed by atoms with Gasteiger partial charge in [0.15, 0.2) is 6.61 Å². The third-order valence-corrected chi connectivity index (χ3v) is 6.98. The Morgan fingerprint density at radius 1 is 1.03 bits per heavy atom. The summed E-state index contributed by atoms with van der Waals surface area (Å²) in [5, 5.41) is 0.108. The van der Waals surface area contributed by atoms with Crippen LogP contribution in [0.15, 0.2) is 47.4 Å². The maximum Gasteiger partial charge on any atom is 0.343 e. The number of piperazine rings is 1. The van der Waals surface area contributed by atoms with Gasteiger partial charge in [0.05, 0.1) is 24.1 Å². The van der Waals surface area contributed by atoms with E-state index in [1.165, 1.54) is 29.6 Å². The summed E-state index contributed by atoms with van der Waals surface area (Å²) >= 11 is 6.15. The number of hydrogen-bond donors (Lipinski definition) is 0. The summed E-state index contributed by atoms with van der Waals surface area (Å²) in [6.07, 6.45) is 0. The van der Waals surface area contributed by atoms with Crippen LogP contribution in [0.5, 0.6) is 11.5 Å². The van der Waals surface area contributed by atoms with Crippen LogP contribution < -0.4 is 14.4 Å². The number of benzene rings is 2. The molecule has 30 heavy (non-hydrogen) atoms. The average molecular weight is 455 g/mol. The van der Waals surface area contributed by atoms with Crippen LogP contribution in [0.25, 0.3) is 0 Å². The zero-order valence-corrected chi connectivity index (χ0v) is 18.3. The van der Waals surface area contributed by atoms with Crippen LogP contribution in [-0.2, 0) is 19.6 Å². The van der Waals surface area contributed by atoms with Crippen LogP contribution in [0.1, 0.15) is 0 Å². The summed E-state index contributed by atoms with van der Waals surface area (Å²) in [5.74, 6) is 0.429. The standard InChI is InChI=1S/C20H23ClN2O6S/c1-27-16-5-3-15(4-6-16)22-9-11-23(12-10-22)30(25,26)17-7-8-19(18(21)13-17)29-14-20(24)28-2/h3-8,13H,9-12,14H2,1-2H3. The van der Waals surface area contributed by atoms with Crippen molar-refractivity contribution in [2.45, 2.75) is 4.90 Å². The molecule has 1 fully saturated rings. The van der Waals surface area contributed by atoms with E-state index in [1.54, 1.807) is 7.11 Å². The maximum absolute atomic E-state index is 13.0. The lowest BCUT2D eigenvalue weighted by molar-refractivity contribution is -0.142. The Labute approximate surface area is 180 Å². The summed E-state index contributed by atoms with van der Waals surface area (Å²) < 4.78 is 42.4. The molecule has 8 nitrogen and oxygen atoms in total. The molecule has 10 heteroatoms. The molecule has 0 bridgehead atoms. The summed E-state index contributed by atoms with van der Waals surface area (Å²) in [6, 6.07) is 11.9. The molecule has 2 aromatic carbocycles. The van der Waals surface area contributed by atoms with E-state index in [0.717, 1.165) is 11.4 Å². The molecule has 1 heterocycles. The van der Waals surface area contributed by atoms with Crippen molar-refractivity contribution in [2.75, 3.05) is 51.9 Å². The number of methoxy groups -OCH3 is 2. The first-order valence-electron chi connectivity index (χ1n) is 9.23. The molecule has 1 aliphatic rings. The Morgan fingerprint density at radius 3 is 2.27 bits per heavy atom. The smallest absolute Gasteiger partial charge is 0.343 e. The van der Waals surface area contributed by atoms with Gasteiger partial charge >= 0.3 is 5.97 Å². The number of ether oxygens (including phenoxy) is 3. The Balaban J connectivity index is 1.66. The van der Waals surface area contributed by atoms with Crippen LogP contribution in [0, 0.1) is 0 Å². The van der Waals surface area contributed by atoms with Crippen molar-refractivity contribution in [1.29, 1.82) is 0 Å². The summed E-state index contributed by atoms with van der Waals surface area (Å²) in [6.45, 7) is 1.54. The van der Waals surface area contributed by atoms with E-state index in [1.807, 2.05) is 24.3 Å². The number of halogens is 1. The number of rotatable bonds is 7. The summed E-state index contributed by atoms with van der Waals surface area (Å²) in [5.41, 5.74) is 1.02. The number of carbonyl (C=O) groups excluding carboxylic acids is 1. The minimum Gasteiger partial charge on any atom is -0.497 e. The van der Waals surface area contributed by atoms with Gasteiger partial charge in [0, 0.05) is 31.9 Å². The molecular formula is C20H23ClN2O6S. The van der Waals surface area contributed by atoms with Crippen LogP contribution in [0.3, 0.4) is 0 Å². The molecule has 162 valence electrons. The Hall–Kier alpha value is -2.49. The minimum atomic E-state index is -3.70. The first kappa shape index (κ1) is 22.2. The molecule has 0 amide bonds. The molecule has 0 saturated carbocycles. The average Bonchev–Trinajstić information content (AvgIpc) is 2.78. The molecule has 0 atom stereocenters. The van der Waals surface area contributed by atoms with Crippen LogP contribution in [-0.4, -0.2) is 65.7 Å². The van der Waals surface area contributed by atoms with Gasteiger partial charge in [-0.2, -0.15) is 4.31 Å². The molecule has 0 aromatic heterocycles. The molecule has 0 N–H and O–H groups in total. The van der Waals surface area contributed by atoms with Crippen LogP contribution in [0.4, 0.5) is 5.69 Å². The van der Waals surface area contributed by atoms with E-state index in [-0.39, 0.29) is 22.3 Å². The molecule has 0 spiro atoms. The van der Waals surface area contributed by atoms with E-state index >= 15 is 0 Å². The highest BCUT2D eigenvalue weighted by atomic mass is 35.5. The Bertz CT molecular complexity index is 989. The van der Waals surface area contributed by atoms with Gasteiger partial charge in [-0.1, -0.05) is 11.6 Å². The largest absolute Gasteiger partial charge is 0.497 e. The second-order valence-corrected chi connectivity index (χ2v) is 8.89. The van der Waals surface area contributed by atoms with Crippen LogP contribution >= 0.6 is 11.6 Å². The highest BCUT2D eigenvalue weighted by Crippen LogP contribution is 2.29. The number of carbonyl (C=O) groups is 1. The Morgan fingerprint density at radius 2 is 1.70 bits per heavy atom. The van der Waals surface area contributed by atoms with Gasteiger partial charge in [0.1, 0.15) is 11.5 Å². The van der Waals surface area contributed by atoms with E-state index in [9.17, 15) is 13.2 Å². The number of sulfonamides is 1. The summed E-state index contributed by atoms with van der Waals surface area (Å²) in [4.78, 5) is 13.4. The van der Waals surface area contributed by atoms with Gasteiger partial charge < -0.3 is 19.1 Å². The highest BCUT2D eigenvalue weighted by molar-refractivity contribution is 7.89. The van der Waals surface area contributed by atoms with Crippen LogP contribution in [0.2, 0.25) is 5.02 Å². The van der Waals surface area contributed by atoms with E-state index < -0.39 is 16.0 Å². The lowest BCUT2D eigenvalue weighted by Gasteiger charge is -2.35. The monoisotopic (exact) mass is 454 g/mol. The maximum atomic E-state index is 13.0.